The number of phenolic OH excluding ortho intramolecular Hbond substituents is 1. The quantitative estimate of drug-likeness (QED) is 0.894. The van der Waals surface area contributed by atoms with E-state index in [4.69, 9.17) is 0 Å². The van der Waals surface area contributed by atoms with Crippen LogP contribution < -0.4 is 5.32 Å². The first-order valence-corrected chi connectivity index (χ1v) is 5.58. The third-order valence-electron chi connectivity index (χ3n) is 2.57. The van der Waals surface area contributed by atoms with E-state index in [0.717, 1.165) is 6.07 Å². The topological polar surface area (TPSA) is 49.3 Å². The van der Waals surface area contributed by atoms with Crippen molar-refractivity contribution in [2.75, 3.05) is 5.32 Å². The summed E-state index contributed by atoms with van der Waals surface area (Å²) in [6.45, 7) is 0. The second kappa shape index (κ2) is 5.48. The number of aromatic hydroxyl groups is 1. The molecule has 0 bridgehead atoms. The summed E-state index contributed by atoms with van der Waals surface area (Å²) in [7, 11) is 0. The molecule has 0 heterocycles. The molecule has 0 aromatic heterocycles. The number of rotatable bonds is 3. The van der Waals surface area contributed by atoms with Gasteiger partial charge >= 0.3 is 0 Å². The average molecular weight is 263 g/mol. The lowest BCUT2D eigenvalue weighted by Gasteiger charge is -2.07. The Morgan fingerprint density at radius 1 is 1.11 bits per heavy atom. The highest BCUT2D eigenvalue weighted by Crippen LogP contribution is 2.19. The highest BCUT2D eigenvalue weighted by atomic mass is 19.2. The third-order valence-corrected chi connectivity index (χ3v) is 2.57. The predicted molar refractivity (Wildman–Crippen MR) is 66.8 cm³/mol. The van der Waals surface area contributed by atoms with Gasteiger partial charge in [-0.3, -0.25) is 4.79 Å². The van der Waals surface area contributed by atoms with Crippen LogP contribution in [-0.2, 0) is 11.2 Å². The molecule has 0 aliphatic rings. The van der Waals surface area contributed by atoms with Crippen LogP contribution >= 0.6 is 0 Å². The van der Waals surface area contributed by atoms with Crippen LogP contribution in [0, 0.1) is 11.6 Å². The van der Waals surface area contributed by atoms with E-state index in [1.54, 1.807) is 18.2 Å². The molecule has 0 spiro atoms. The van der Waals surface area contributed by atoms with Gasteiger partial charge in [0.25, 0.3) is 0 Å². The standard InChI is InChI=1S/C14H11F2NO2/c15-10-5-3-6-11(14(10)16)17-13(19)8-9-4-1-2-7-12(9)18/h1-7,18H,8H2,(H,17,19). The number of hydrogen-bond donors (Lipinski definition) is 2. The minimum absolute atomic E-state index is 0.0163. The number of benzene rings is 2. The van der Waals surface area contributed by atoms with Gasteiger partial charge in [-0.2, -0.15) is 0 Å². The number of carbonyl (C=O) groups excluding carboxylic acids is 1. The van der Waals surface area contributed by atoms with Gasteiger partial charge in [0.15, 0.2) is 11.6 Å². The van der Waals surface area contributed by atoms with Gasteiger partial charge in [0.05, 0.1) is 12.1 Å². The molecular formula is C14H11F2NO2. The summed E-state index contributed by atoms with van der Waals surface area (Å²) >= 11 is 0. The smallest absolute Gasteiger partial charge is 0.229 e. The lowest BCUT2D eigenvalue weighted by Crippen LogP contribution is -2.15. The second-order valence-corrected chi connectivity index (χ2v) is 3.96. The monoisotopic (exact) mass is 263 g/mol. The van der Waals surface area contributed by atoms with Gasteiger partial charge in [-0.25, -0.2) is 8.78 Å². The number of amides is 1. The fourth-order valence-electron chi connectivity index (χ4n) is 1.63. The summed E-state index contributed by atoms with van der Waals surface area (Å²) < 4.78 is 26.3. The molecule has 3 nitrogen and oxygen atoms in total. The zero-order chi connectivity index (χ0) is 13.8. The Bertz CT molecular complexity index is 614. The summed E-state index contributed by atoms with van der Waals surface area (Å²) in [6.07, 6.45) is -0.122. The van der Waals surface area contributed by atoms with Crippen molar-refractivity contribution in [3.05, 3.63) is 59.7 Å². The van der Waals surface area contributed by atoms with E-state index in [-0.39, 0.29) is 17.9 Å². The van der Waals surface area contributed by atoms with Crippen molar-refractivity contribution in [2.24, 2.45) is 0 Å². The van der Waals surface area contributed by atoms with Crippen LogP contribution in [-0.4, -0.2) is 11.0 Å². The Morgan fingerprint density at radius 3 is 2.58 bits per heavy atom. The van der Waals surface area contributed by atoms with Crippen LogP contribution in [0.15, 0.2) is 42.5 Å². The molecule has 0 radical (unpaired) electrons. The number of hydrogen-bond acceptors (Lipinski definition) is 2. The highest BCUT2D eigenvalue weighted by Gasteiger charge is 2.12. The third kappa shape index (κ3) is 3.07. The Morgan fingerprint density at radius 2 is 1.84 bits per heavy atom. The molecule has 98 valence electrons. The zero-order valence-corrected chi connectivity index (χ0v) is 9.86. The SMILES string of the molecule is O=C(Cc1ccccc1O)Nc1cccc(F)c1F. The first kappa shape index (κ1) is 13.0. The summed E-state index contributed by atoms with van der Waals surface area (Å²) in [5.41, 5.74) is 0.192. The maximum Gasteiger partial charge on any atom is 0.229 e. The zero-order valence-electron chi connectivity index (χ0n) is 9.86. The van der Waals surface area contributed by atoms with Gasteiger partial charge < -0.3 is 10.4 Å². The molecule has 0 saturated carbocycles. The normalized spacial score (nSPS) is 10.2. The summed E-state index contributed by atoms with van der Waals surface area (Å²) in [4.78, 5) is 11.7. The van der Waals surface area contributed by atoms with Crippen LogP contribution in [0.5, 0.6) is 5.75 Å². The van der Waals surface area contributed by atoms with Crippen LogP contribution in [0.4, 0.5) is 14.5 Å². The fraction of sp³-hybridized carbons (Fsp3) is 0.0714. The van der Waals surface area contributed by atoms with Crippen LogP contribution in [0.3, 0.4) is 0 Å². The second-order valence-electron chi connectivity index (χ2n) is 3.96. The molecule has 0 aliphatic heterocycles. The molecule has 19 heavy (non-hydrogen) atoms. The molecule has 1 amide bonds. The van der Waals surface area contributed by atoms with Crippen molar-refractivity contribution in [1.82, 2.24) is 0 Å². The molecule has 2 aromatic carbocycles. The van der Waals surface area contributed by atoms with E-state index in [9.17, 15) is 18.7 Å². The van der Waals surface area contributed by atoms with Crippen LogP contribution in [0.2, 0.25) is 0 Å². The highest BCUT2D eigenvalue weighted by molar-refractivity contribution is 5.92. The molecule has 2 N–H and O–H groups in total. The van der Waals surface area contributed by atoms with E-state index in [0.29, 0.717) is 5.56 Å². The largest absolute Gasteiger partial charge is 0.508 e. The van der Waals surface area contributed by atoms with Crippen LogP contribution in [0.25, 0.3) is 0 Å². The molecule has 2 rings (SSSR count). The van der Waals surface area contributed by atoms with Gasteiger partial charge in [-0.05, 0) is 18.2 Å². The molecular weight excluding hydrogens is 252 g/mol. The van der Waals surface area contributed by atoms with Gasteiger partial charge in [0, 0.05) is 5.56 Å². The fourth-order valence-corrected chi connectivity index (χ4v) is 1.63. The molecule has 0 atom stereocenters. The minimum atomic E-state index is -1.10. The Kier molecular flexibility index (Phi) is 3.75. The van der Waals surface area contributed by atoms with E-state index >= 15 is 0 Å². The lowest BCUT2D eigenvalue weighted by molar-refractivity contribution is -0.115. The predicted octanol–water partition coefficient (Wildman–Crippen LogP) is 2.85. The van der Waals surface area contributed by atoms with E-state index in [1.165, 1.54) is 18.2 Å². The summed E-state index contributed by atoms with van der Waals surface area (Å²) in [6, 6.07) is 9.86. The molecule has 0 unspecified atom stereocenters. The van der Waals surface area contributed by atoms with E-state index in [1.807, 2.05) is 0 Å². The summed E-state index contributed by atoms with van der Waals surface area (Å²) in [5, 5.41) is 11.8. The van der Waals surface area contributed by atoms with Crippen molar-refractivity contribution < 1.29 is 18.7 Å². The molecule has 0 fully saturated rings. The number of halogens is 2. The minimum Gasteiger partial charge on any atom is -0.508 e. The van der Waals surface area contributed by atoms with Gasteiger partial charge in [0.1, 0.15) is 5.75 Å². The summed E-state index contributed by atoms with van der Waals surface area (Å²) in [5.74, 6) is -2.68. The maximum atomic E-state index is 13.3. The molecule has 0 saturated heterocycles. The number of anilines is 1. The van der Waals surface area contributed by atoms with Crippen molar-refractivity contribution in [3.8, 4) is 5.75 Å². The molecule has 5 heteroatoms. The number of nitrogens with one attached hydrogen (secondary N) is 1. The Balaban J connectivity index is 2.10. The molecule has 2 aromatic rings. The average Bonchev–Trinajstić information content (AvgIpc) is 2.38. The first-order valence-electron chi connectivity index (χ1n) is 5.58. The number of para-hydroxylation sites is 1. The van der Waals surface area contributed by atoms with E-state index < -0.39 is 17.5 Å². The van der Waals surface area contributed by atoms with Crippen molar-refractivity contribution >= 4 is 11.6 Å². The van der Waals surface area contributed by atoms with Gasteiger partial charge in [0.2, 0.25) is 5.91 Å². The van der Waals surface area contributed by atoms with Crippen molar-refractivity contribution in [3.63, 3.8) is 0 Å². The number of phenols is 1. The Labute approximate surface area is 108 Å². The lowest BCUT2D eigenvalue weighted by atomic mass is 10.1. The van der Waals surface area contributed by atoms with Crippen molar-refractivity contribution in [1.29, 1.82) is 0 Å². The number of carbonyl (C=O) groups is 1. The first-order chi connectivity index (χ1) is 9.08. The van der Waals surface area contributed by atoms with Gasteiger partial charge in [-0.15, -0.1) is 0 Å². The van der Waals surface area contributed by atoms with Crippen molar-refractivity contribution in [2.45, 2.75) is 6.42 Å². The van der Waals surface area contributed by atoms with Gasteiger partial charge in [-0.1, -0.05) is 24.3 Å². The Hall–Kier alpha value is -2.43. The van der Waals surface area contributed by atoms with E-state index in [2.05, 4.69) is 5.32 Å². The maximum absolute atomic E-state index is 13.3. The molecule has 0 aliphatic carbocycles. The van der Waals surface area contributed by atoms with Crippen LogP contribution in [0.1, 0.15) is 5.56 Å².